The molecule has 0 aromatic heterocycles. The van der Waals surface area contributed by atoms with Crippen molar-refractivity contribution in [2.24, 2.45) is 0 Å². The van der Waals surface area contributed by atoms with Crippen molar-refractivity contribution in [3.63, 3.8) is 0 Å². The van der Waals surface area contributed by atoms with Gasteiger partial charge in [-0.25, -0.2) is 9.18 Å². The molecular formula is C14H17FN2O3. The molecule has 0 heterocycles. The van der Waals surface area contributed by atoms with Gasteiger partial charge in [0, 0.05) is 31.1 Å². The van der Waals surface area contributed by atoms with Crippen LogP contribution in [0.15, 0.2) is 18.2 Å². The predicted octanol–water partition coefficient (Wildman–Crippen LogP) is 1.28. The Morgan fingerprint density at radius 3 is 2.75 bits per heavy atom. The summed E-state index contributed by atoms with van der Waals surface area (Å²) >= 11 is 0. The summed E-state index contributed by atoms with van der Waals surface area (Å²) in [6, 6.07) is 4.01. The zero-order valence-corrected chi connectivity index (χ0v) is 11.0. The highest BCUT2D eigenvalue weighted by Gasteiger charge is 2.22. The maximum atomic E-state index is 13.5. The van der Waals surface area contributed by atoms with Gasteiger partial charge in [-0.1, -0.05) is 0 Å². The highest BCUT2D eigenvalue weighted by molar-refractivity contribution is 5.87. The van der Waals surface area contributed by atoms with Crippen LogP contribution in [0.5, 0.6) is 0 Å². The molecule has 0 aliphatic heterocycles. The van der Waals surface area contributed by atoms with Crippen molar-refractivity contribution in [2.45, 2.75) is 31.8 Å². The zero-order valence-electron chi connectivity index (χ0n) is 11.0. The maximum absolute atomic E-state index is 13.5. The number of benzene rings is 1. The minimum Gasteiger partial charge on any atom is -0.478 e. The van der Waals surface area contributed by atoms with Crippen LogP contribution >= 0.6 is 0 Å². The number of aromatic carboxylic acids is 1. The summed E-state index contributed by atoms with van der Waals surface area (Å²) in [4.78, 5) is 22.2. The third-order valence-corrected chi connectivity index (χ3v) is 3.08. The molecule has 20 heavy (non-hydrogen) atoms. The Balaban J connectivity index is 1.76. The minimum atomic E-state index is -1.09. The molecule has 108 valence electrons. The number of hydrogen-bond acceptors (Lipinski definition) is 3. The van der Waals surface area contributed by atoms with Crippen LogP contribution in [0, 0.1) is 5.82 Å². The average molecular weight is 280 g/mol. The highest BCUT2D eigenvalue weighted by atomic mass is 19.1. The molecule has 1 fully saturated rings. The largest absolute Gasteiger partial charge is 0.478 e. The van der Waals surface area contributed by atoms with Gasteiger partial charge in [-0.15, -0.1) is 0 Å². The van der Waals surface area contributed by atoms with E-state index in [1.165, 1.54) is 12.1 Å². The molecule has 1 saturated carbocycles. The van der Waals surface area contributed by atoms with Crippen LogP contribution in [0.3, 0.4) is 0 Å². The second-order valence-corrected chi connectivity index (χ2v) is 4.88. The molecular weight excluding hydrogens is 263 g/mol. The van der Waals surface area contributed by atoms with E-state index in [2.05, 4.69) is 10.6 Å². The van der Waals surface area contributed by atoms with E-state index in [0.29, 0.717) is 19.0 Å². The fraction of sp³-hybridized carbons (Fsp3) is 0.429. The van der Waals surface area contributed by atoms with Crippen LogP contribution in [0.1, 0.15) is 35.2 Å². The molecule has 1 aromatic rings. The van der Waals surface area contributed by atoms with Gasteiger partial charge in [-0.2, -0.15) is 0 Å². The van der Waals surface area contributed by atoms with Crippen LogP contribution in [0.2, 0.25) is 0 Å². The molecule has 0 unspecified atom stereocenters. The Kier molecular flexibility index (Phi) is 4.68. The Labute approximate surface area is 116 Å². The smallest absolute Gasteiger partial charge is 0.335 e. The van der Waals surface area contributed by atoms with Gasteiger partial charge in [0.2, 0.25) is 5.91 Å². The first-order valence-electron chi connectivity index (χ1n) is 6.58. The molecule has 0 saturated heterocycles. The van der Waals surface area contributed by atoms with Crippen LogP contribution in [0.25, 0.3) is 0 Å². The first-order chi connectivity index (χ1) is 9.56. The van der Waals surface area contributed by atoms with Gasteiger partial charge in [-0.3, -0.25) is 4.79 Å². The van der Waals surface area contributed by atoms with E-state index in [4.69, 9.17) is 5.11 Å². The summed E-state index contributed by atoms with van der Waals surface area (Å²) in [6.07, 6.45) is 2.43. The lowest BCUT2D eigenvalue weighted by atomic mass is 10.1. The summed E-state index contributed by atoms with van der Waals surface area (Å²) < 4.78 is 13.5. The highest BCUT2D eigenvalue weighted by Crippen LogP contribution is 2.18. The molecule has 1 aromatic carbocycles. The number of nitrogens with one attached hydrogen (secondary N) is 2. The molecule has 5 nitrogen and oxygen atoms in total. The van der Waals surface area contributed by atoms with Crippen molar-refractivity contribution in [3.05, 3.63) is 35.1 Å². The number of carbonyl (C=O) groups excluding carboxylic acids is 1. The van der Waals surface area contributed by atoms with Crippen LogP contribution < -0.4 is 10.6 Å². The Bertz CT molecular complexity index is 515. The molecule has 1 amide bonds. The maximum Gasteiger partial charge on any atom is 0.335 e. The van der Waals surface area contributed by atoms with E-state index < -0.39 is 11.8 Å². The van der Waals surface area contributed by atoms with Crippen molar-refractivity contribution >= 4 is 11.9 Å². The number of carbonyl (C=O) groups is 2. The standard InChI is InChI=1S/C14H17FN2O3/c15-12-4-1-9(14(19)20)7-10(12)8-16-6-5-13(18)17-11-2-3-11/h1,4,7,11,16H,2-3,5-6,8H2,(H,17,18)(H,19,20). The fourth-order valence-electron chi connectivity index (χ4n) is 1.80. The molecule has 1 aliphatic rings. The first kappa shape index (κ1) is 14.5. The number of halogens is 1. The molecule has 6 heteroatoms. The second kappa shape index (κ2) is 6.47. The van der Waals surface area contributed by atoms with Gasteiger partial charge in [0.05, 0.1) is 5.56 Å². The van der Waals surface area contributed by atoms with Gasteiger partial charge < -0.3 is 15.7 Å². The van der Waals surface area contributed by atoms with Crippen molar-refractivity contribution in [1.29, 1.82) is 0 Å². The lowest BCUT2D eigenvalue weighted by Gasteiger charge is -2.07. The Morgan fingerprint density at radius 1 is 1.35 bits per heavy atom. The average Bonchev–Trinajstić information content (AvgIpc) is 3.20. The lowest BCUT2D eigenvalue weighted by molar-refractivity contribution is -0.121. The summed E-state index contributed by atoms with van der Waals surface area (Å²) in [5.41, 5.74) is 0.335. The summed E-state index contributed by atoms with van der Waals surface area (Å²) in [5, 5.41) is 14.6. The summed E-state index contributed by atoms with van der Waals surface area (Å²) in [6.45, 7) is 0.624. The van der Waals surface area contributed by atoms with Gasteiger partial charge in [0.1, 0.15) is 5.82 Å². The first-order valence-corrected chi connectivity index (χ1v) is 6.58. The quantitative estimate of drug-likeness (QED) is 0.657. The fourth-order valence-corrected chi connectivity index (χ4v) is 1.80. The third kappa shape index (κ3) is 4.31. The Morgan fingerprint density at radius 2 is 2.10 bits per heavy atom. The number of carboxylic acid groups (broad SMARTS) is 1. The molecule has 3 N–H and O–H groups in total. The molecule has 1 aliphatic carbocycles. The molecule has 0 radical (unpaired) electrons. The van der Waals surface area contributed by atoms with Crippen molar-refractivity contribution in [1.82, 2.24) is 10.6 Å². The second-order valence-electron chi connectivity index (χ2n) is 4.88. The minimum absolute atomic E-state index is 0.0141. The van der Waals surface area contributed by atoms with Gasteiger partial charge in [0.25, 0.3) is 0 Å². The number of rotatable bonds is 7. The molecule has 0 atom stereocenters. The number of carboxylic acids is 1. The van der Waals surface area contributed by atoms with E-state index in [9.17, 15) is 14.0 Å². The zero-order chi connectivity index (χ0) is 14.5. The van der Waals surface area contributed by atoms with Crippen molar-refractivity contribution in [3.8, 4) is 0 Å². The topological polar surface area (TPSA) is 78.4 Å². The number of hydrogen-bond donors (Lipinski definition) is 3. The lowest BCUT2D eigenvalue weighted by Crippen LogP contribution is -2.29. The molecule has 0 bridgehead atoms. The van der Waals surface area contributed by atoms with Gasteiger partial charge >= 0.3 is 5.97 Å². The van der Waals surface area contributed by atoms with Crippen molar-refractivity contribution < 1.29 is 19.1 Å². The Hall–Kier alpha value is -1.95. The molecule has 0 spiro atoms. The van der Waals surface area contributed by atoms with Crippen LogP contribution in [0.4, 0.5) is 4.39 Å². The number of amides is 1. The SMILES string of the molecule is O=C(CCNCc1cc(C(=O)O)ccc1F)NC1CC1. The van der Waals surface area contributed by atoms with Crippen molar-refractivity contribution in [2.75, 3.05) is 6.54 Å². The summed E-state index contributed by atoms with van der Waals surface area (Å²) in [5.74, 6) is -1.56. The predicted molar refractivity (Wildman–Crippen MR) is 70.8 cm³/mol. The summed E-state index contributed by atoms with van der Waals surface area (Å²) in [7, 11) is 0. The van der Waals surface area contributed by atoms with E-state index in [1.54, 1.807) is 0 Å². The van der Waals surface area contributed by atoms with E-state index in [-0.39, 0.29) is 23.6 Å². The van der Waals surface area contributed by atoms with E-state index in [0.717, 1.165) is 18.9 Å². The van der Waals surface area contributed by atoms with Gasteiger partial charge in [-0.05, 0) is 31.0 Å². The van der Waals surface area contributed by atoms with E-state index in [1.807, 2.05) is 0 Å². The molecule has 2 rings (SSSR count). The monoisotopic (exact) mass is 280 g/mol. The third-order valence-electron chi connectivity index (χ3n) is 3.08. The van der Waals surface area contributed by atoms with E-state index >= 15 is 0 Å². The van der Waals surface area contributed by atoms with Gasteiger partial charge in [0.15, 0.2) is 0 Å². The normalized spacial score (nSPS) is 14.1. The van der Waals surface area contributed by atoms with Crippen LogP contribution in [-0.4, -0.2) is 29.6 Å². The van der Waals surface area contributed by atoms with Crippen LogP contribution in [-0.2, 0) is 11.3 Å².